The van der Waals surface area contributed by atoms with Gasteiger partial charge in [-0.2, -0.15) is 0 Å². The van der Waals surface area contributed by atoms with Crippen molar-refractivity contribution < 1.29 is 4.39 Å². The van der Waals surface area contributed by atoms with Gasteiger partial charge in [-0.1, -0.05) is 140 Å². The number of nitrogens with zero attached hydrogens (tertiary/aromatic N) is 1. The van der Waals surface area contributed by atoms with Gasteiger partial charge in [0.15, 0.2) is 0 Å². The van der Waals surface area contributed by atoms with E-state index in [9.17, 15) is 4.39 Å². The van der Waals surface area contributed by atoms with Crippen LogP contribution in [0.15, 0.2) is 182 Å². The summed E-state index contributed by atoms with van der Waals surface area (Å²) in [6.45, 7) is 0. The molecule has 0 heterocycles. The van der Waals surface area contributed by atoms with Crippen LogP contribution in [0, 0.1) is 5.82 Å². The molecule has 2 aliphatic rings. The summed E-state index contributed by atoms with van der Waals surface area (Å²) in [6, 6.07) is 64.6. The third-order valence-electron chi connectivity index (χ3n) is 11.3. The van der Waals surface area contributed by atoms with E-state index in [0.29, 0.717) is 0 Å². The van der Waals surface area contributed by atoms with Crippen molar-refractivity contribution in [2.45, 2.75) is 5.41 Å². The zero-order chi connectivity index (χ0) is 33.7. The Morgan fingerprint density at radius 2 is 0.804 bits per heavy atom. The number of benzene rings is 9. The Hall–Kier alpha value is -6.51. The molecule has 0 amide bonds. The number of rotatable bonds is 3. The van der Waals surface area contributed by atoms with Gasteiger partial charge >= 0.3 is 0 Å². The summed E-state index contributed by atoms with van der Waals surface area (Å²) in [5.41, 5.74) is 12.7. The lowest BCUT2D eigenvalue weighted by molar-refractivity contribution is 0.628. The minimum atomic E-state index is -0.456. The Balaban J connectivity index is 1.24. The van der Waals surface area contributed by atoms with E-state index < -0.39 is 5.41 Å². The van der Waals surface area contributed by atoms with Crippen molar-refractivity contribution >= 4 is 49.4 Å². The third-order valence-corrected chi connectivity index (χ3v) is 11.3. The molecule has 0 aromatic heterocycles. The second kappa shape index (κ2) is 10.5. The zero-order valence-electron chi connectivity index (χ0n) is 27.6. The number of fused-ring (bicyclic) bond motifs is 16. The van der Waals surface area contributed by atoms with Gasteiger partial charge in [-0.05, 0) is 114 Å². The van der Waals surface area contributed by atoms with E-state index in [2.05, 4.69) is 163 Å². The molecule has 0 bridgehead atoms. The van der Waals surface area contributed by atoms with Crippen molar-refractivity contribution in [1.82, 2.24) is 0 Å². The molecule has 0 unspecified atom stereocenters. The second-order valence-corrected chi connectivity index (χ2v) is 13.7. The quantitative estimate of drug-likeness (QED) is 0.172. The predicted molar refractivity (Wildman–Crippen MR) is 210 cm³/mol. The molecule has 0 N–H and O–H groups in total. The van der Waals surface area contributed by atoms with E-state index in [0.717, 1.165) is 17.1 Å². The molecule has 0 atom stereocenters. The maximum Gasteiger partial charge on any atom is 0.123 e. The standard InChI is InChI=1S/C49H30FN/c50-31-24-26-32(27-25-31)51(33-28-29-38-36-14-2-1-12-34(36)35-13-3-4-15-37(35)42(38)30-33)47-23-11-22-46-48(47)41-18-7-10-21-45(41)49(46)43-19-8-5-16-39(43)40-17-6-9-20-44(40)49/h1-30H. The van der Waals surface area contributed by atoms with Crippen LogP contribution in [0.1, 0.15) is 22.3 Å². The Kier molecular flexibility index (Phi) is 5.83. The number of halogens is 1. The van der Waals surface area contributed by atoms with Gasteiger partial charge in [0, 0.05) is 16.9 Å². The van der Waals surface area contributed by atoms with Gasteiger partial charge in [-0.3, -0.25) is 0 Å². The summed E-state index contributed by atoms with van der Waals surface area (Å²) in [5, 5.41) is 7.35. The van der Waals surface area contributed by atoms with Gasteiger partial charge in [-0.25, -0.2) is 4.39 Å². The maximum atomic E-state index is 14.6. The smallest absolute Gasteiger partial charge is 0.123 e. The topological polar surface area (TPSA) is 3.24 Å². The average molecular weight is 652 g/mol. The van der Waals surface area contributed by atoms with E-state index in [-0.39, 0.29) is 5.82 Å². The molecule has 2 heteroatoms. The van der Waals surface area contributed by atoms with E-state index in [1.54, 1.807) is 12.1 Å². The largest absolute Gasteiger partial charge is 0.310 e. The molecule has 51 heavy (non-hydrogen) atoms. The van der Waals surface area contributed by atoms with Crippen LogP contribution >= 0.6 is 0 Å². The Morgan fingerprint density at radius 3 is 1.41 bits per heavy atom. The van der Waals surface area contributed by atoms with Crippen molar-refractivity contribution in [3.63, 3.8) is 0 Å². The minimum Gasteiger partial charge on any atom is -0.310 e. The SMILES string of the molecule is Fc1ccc(N(c2ccc3c4ccccc4c4ccccc4c3c2)c2cccc3c2-c2ccccc2C32c3ccccc3-c3ccccc32)cc1. The van der Waals surface area contributed by atoms with Crippen LogP contribution < -0.4 is 4.90 Å². The molecule has 11 rings (SSSR count). The zero-order valence-corrected chi connectivity index (χ0v) is 27.6. The lowest BCUT2D eigenvalue weighted by atomic mass is 9.70. The molecule has 0 saturated heterocycles. The highest BCUT2D eigenvalue weighted by Crippen LogP contribution is 2.64. The Bertz CT molecular complexity index is 2800. The number of hydrogen-bond donors (Lipinski definition) is 0. The molecule has 0 aliphatic heterocycles. The van der Waals surface area contributed by atoms with Crippen molar-refractivity contribution in [2.75, 3.05) is 4.90 Å². The molecule has 9 aromatic rings. The van der Waals surface area contributed by atoms with Crippen LogP contribution in [0.25, 0.3) is 54.6 Å². The molecule has 9 aromatic carbocycles. The summed E-state index contributed by atoms with van der Waals surface area (Å²) in [7, 11) is 0. The van der Waals surface area contributed by atoms with E-state index in [4.69, 9.17) is 0 Å². The first-order valence-electron chi connectivity index (χ1n) is 17.5. The summed E-state index contributed by atoms with van der Waals surface area (Å²) < 4.78 is 14.6. The Morgan fingerprint density at radius 1 is 0.353 bits per heavy atom. The second-order valence-electron chi connectivity index (χ2n) is 13.7. The van der Waals surface area contributed by atoms with Crippen LogP contribution in [0.3, 0.4) is 0 Å². The van der Waals surface area contributed by atoms with Crippen molar-refractivity contribution in [3.05, 3.63) is 210 Å². The van der Waals surface area contributed by atoms with Gasteiger partial charge in [0.05, 0.1) is 11.1 Å². The molecule has 0 saturated carbocycles. The van der Waals surface area contributed by atoms with Crippen LogP contribution in [0.2, 0.25) is 0 Å². The highest BCUT2D eigenvalue weighted by atomic mass is 19.1. The summed E-state index contributed by atoms with van der Waals surface area (Å²) >= 11 is 0. The fraction of sp³-hybridized carbons (Fsp3) is 0.0204. The number of hydrogen-bond acceptors (Lipinski definition) is 1. The van der Waals surface area contributed by atoms with Gasteiger partial charge < -0.3 is 4.90 Å². The summed E-state index contributed by atoms with van der Waals surface area (Å²) in [4.78, 5) is 2.32. The van der Waals surface area contributed by atoms with Crippen LogP contribution in [-0.2, 0) is 5.41 Å². The predicted octanol–water partition coefficient (Wildman–Crippen LogP) is 13.1. The van der Waals surface area contributed by atoms with Crippen molar-refractivity contribution in [1.29, 1.82) is 0 Å². The normalized spacial score (nSPS) is 13.4. The van der Waals surface area contributed by atoms with Crippen LogP contribution in [-0.4, -0.2) is 0 Å². The highest BCUT2D eigenvalue weighted by molar-refractivity contribution is 6.25. The van der Waals surface area contributed by atoms with Gasteiger partial charge in [0.1, 0.15) is 5.82 Å². The minimum absolute atomic E-state index is 0.253. The summed E-state index contributed by atoms with van der Waals surface area (Å²) in [5.74, 6) is -0.253. The highest BCUT2D eigenvalue weighted by Gasteiger charge is 2.52. The molecule has 1 nitrogen and oxygen atoms in total. The fourth-order valence-electron chi connectivity index (χ4n) is 9.36. The monoisotopic (exact) mass is 651 g/mol. The first-order chi connectivity index (χ1) is 25.2. The van der Waals surface area contributed by atoms with Crippen molar-refractivity contribution in [3.8, 4) is 22.3 Å². The molecule has 238 valence electrons. The molecule has 2 aliphatic carbocycles. The van der Waals surface area contributed by atoms with Crippen molar-refractivity contribution in [2.24, 2.45) is 0 Å². The molecule has 0 fully saturated rings. The van der Waals surface area contributed by atoms with Crippen LogP contribution in [0.5, 0.6) is 0 Å². The lowest BCUT2D eigenvalue weighted by Gasteiger charge is -2.32. The summed E-state index contributed by atoms with van der Waals surface area (Å²) in [6.07, 6.45) is 0. The van der Waals surface area contributed by atoms with Gasteiger partial charge in [-0.15, -0.1) is 0 Å². The molecule has 1 spiro atoms. The lowest BCUT2D eigenvalue weighted by Crippen LogP contribution is -2.26. The molecular weight excluding hydrogens is 622 g/mol. The first-order valence-corrected chi connectivity index (χ1v) is 17.5. The van der Waals surface area contributed by atoms with Gasteiger partial charge in [0.25, 0.3) is 0 Å². The van der Waals surface area contributed by atoms with E-state index in [1.165, 1.54) is 76.8 Å². The Labute approximate surface area is 295 Å². The van der Waals surface area contributed by atoms with E-state index >= 15 is 0 Å². The molecular formula is C49H30FN. The first kappa shape index (κ1) is 28.3. The average Bonchev–Trinajstić information content (AvgIpc) is 3.67. The van der Waals surface area contributed by atoms with Crippen LogP contribution in [0.4, 0.5) is 21.5 Å². The number of anilines is 3. The third kappa shape index (κ3) is 3.74. The van der Waals surface area contributed by atoms with Gasteiger partial charge in [0.2, 0.25) is 0 Å². The fourth-order valence-corrected chi connectivity index (χ4v) is 9.36. The maximum absolute atomic E-state index is 14.6. The van der Waals surface area contributed by atoms with E-state index in [1.807, 2.05) is 12.1 Å². The molecule has 0 radical (unpaired) electrons.